The van der Waals surface area contributed by atoms with Gasteiger partial charge in [0.25, 0.3) is 5.91 Å². The standard InChI is InChI=1S/C29H44N4O3/c1-5-28(3,4)24-13-15-29(16-14-24)26(35)33(27(36)31-29)20-25(34)30-18-22-9-11-23(12-10-22)19-32-17-7-6-8-21(32)2/h9-12,21,24H,5-8,13-20H2,1-4H3,(H,30,34)(H,31,36). The van der Waals surface area contributed by atoms with Crippen LogP contribution in [0, 0.1) is 11.3 Å². The Morgan fingerprint density at radius 3 is 2.39 bits per heavy atom. The maximum Gasteiger partial charge on any atom is 0.325 e. The lowest BCUT2D eigenvalue weighted by Gasteiger charge is -2.42. The summed E-state index contributed by atoms with van der Waals surface area (Å²) < 4.78 is 0. The molecule has 7 nitrogen and oxygen atoms in total. The van der Waals surface area contributed by atoms with Crippen LogP contribution in [0.5, 0.6) is 0 Å². The number of rotatable bonds is 8. The van der Waals surface area contributed by atoms with E-state index in [1.807, 2.05) is 12.1 Å². The van der Waals surface area contributed by atoms with Crippen LogP contribution in [0.25, 0.3) is 0 Å². The molecule has 1 aliphatic carbocycles. The zero-order valence-corrected chi connectivity index (χ0v) is 22.6. The van der Waals surface area contributed by atoms with Gasteiger partial charge in [-0.05, 0) is 74.5 Å². The molecule has 3 fully saturated rings. The predicted octanol–water partition coefficient (Wildman–Crippen LogP) is 4.59. The molecule has 3 aliphatic rings. The highest BCUT2D eigenvalue weighted by Gasteiger charge is 2.53. The molecule has 198 valence electrons. The molecule has 2 aliphatic heterocycles. The second-order valence-corrected chi connectivity index (χ2v) is 11.9. The number of hydrogen-bond donors (Lipinski definition) is 2. The van der Waals surface area contributed by atoms with E-state index in [9.17, 15) is 14.4 Å². The molecular formula is C29H44N4O3. The summed E-state index contributed by atoms with van der Waals surface area (Å²) >= 11 is 0. The highest BCUT2D eigenvalue weighted by Crippen LogP contribution is 2.45. The van der Waals surface area contributed by atoms with Crippen molar-refractivity contribution in [2.45, 2.75) is 104 Å². The lowest BCUT2D eigenvalue weighted by Crippen LogP contribution is -2.51. The molecule has 7 heteroatoms. The minimum absolute atomic E-state index is 0.233. The van der Waals surface area contributed by atoms with Gasteiger partial charge in [0.1, 0.15) is 12.1 Å². The number of urea groups is 1. The zero-order valence-electron chi connectivity index (χ0n) is 22.6. The summed E-state index contributed by atoms with van der Waals surface area (Å²) in [4.78, 5) is 42.1. The fourth-order valence-corrected chi connectivity index (χ4v) is 6.13. The molecule has 1 atom stereocenters. The van der Waals surface area contributed by atoms with Gasteiger partial charge in [-0.3, -0.25) is 19.4 Å². The van der Waals surface area contributed by atoms with Crippen molar-refractivity contribution in [2.24, 2.45) is 11.3 Å². The van der Waals surface area contributed by atoms with Crippen LogP contribution in [0.15, 0.2) is 24.3 Å². The first kappa shape index (κ1) is 26.6. The van der Waals surface area contributed by atoms with Crippen LogP contribution in [-0.2, 0) is 22.7 Å². The number of nitrogens with one attached hydrogen (secondary N) is 2. The molecule has 1 aromatic carbocycles. The maximum atomic E-state index is 13.2. The van der Waals surface area contributed by atoms with Crippen LogP contribution in [-0.4, -0.2) is 52.3 Å². The SMILES string of the molecule is CCC(C)(C)C1CCC2(CC1)NC(=O)N(CC(=O)NCc1ccc(CN3CCCCC3C)cc1)C2=O. The minimum Gasteiger partial charge on any atom is -0.350 e. The summed E-state index contributed by atoms with van der Waals surface area (Å²) in [6.45, 7) is 11.3. The fourth-order valence-electron chi connectivity index (χ4n) is 6.13. The van der Waals surface area contributed by atoms with E-state index in [0.717, 1.165) is 42.8 Å². The van der Waals surface area contributed by atoms with Crippen LogP contribution >= 0.6 is 0 Å². The Morgan fingerprint density at radius 1 is 1.08 bits per heavy atom. The van der Waals surface area contributed by atoms with Crippen molar-refractivity contribution in [3.05, 3.63) is 35.4 Å². The van der Waals surface area contributed by atoms with Gasteiger partial charge in [0.05, 0.1) is 0 Å². The van der Waals surface area contributed by atoms with Crippen LogP contribution in [0.1, 0.15) is 90.2 Å². The van der Waals surface area contributed by atoms with Crippen molar-refractivity contribution in [2.75, 3.05) is 13.1 Å². The van der Waals surface area contributed by atoms with Gasteiger partial charge in [0, 0.05) is 19.1 Å². The largest absolute Gasteiger partial charge is 0.350 e. The smallest absolute Gasteiger partial charge is 0.325 e. The van der Waals surface area contributed by atoms with Crippen molar-refractivity contribution in [3.63, 3.8) is 0 Å². The van der Waals surface area contributed by atoms with Crippen molar-refractivity contribution < 1.29 is 14.4 Å². The Hall–Kier alpha value is -2.41. The van der Waals surface area contributed by atoms with Crippen molar-refractivity contribution in [1.82, 2.24) is 20.4 Å². The summed E-state index contributed by atoms with van der Waals surface area (Å²) in [5, 5.41) is 5.81. The number of carbonyl (C=O) groups excluding carboxylic acids is 3. The van der Waals surface area contributed by atoms with E-state index in [4.69, 9.17) is 0 Å². The van der Waals surface area contributed by atoms with E-state index in [-0.39, 0.29) is 23.8 Å². The zero-order chi connectivity index (χ0) is 25.9. The average molecular weight is 497 g/mol. The number of piperidine rings is 1. The molecular weight excluding hydrogens is 452 g/mol. The van der Waals surface area contributed by atoms with E-state index < -0.39 is 11.6 Å². The molecule has 2 heterocycles. The lowest BCUT2D eigenvalue weighted by atomic mass is 9.65. The van der Waals surface area contributed by atoms with Gasteiger partial charge in [0.15, 0.2) is 0 Å². The van der Waals surface area contributed by atoms with Crippen molar-refractivity contribution in [1.29, 1.82) is 0 Å². The lowest BCUT2D eigenvalue weighted by molar-refractivity contribution is -0.136. The average Bonchev–Trinajstić information content (AvgIpc) is 3.09. The summed E-state index contributed by atoms with van der Waals surface area (Å²) in [7, 11) is 0. The second-order valence-electron chi connectivity index (χ2n) is 11.9. The van der Waals surface area contributed by atoms with E-state index in [1.165, 1.54) is 24.8 Å². The first-order chi connectivity index (χ1) is 17.1. The molecule has 1 saturated carbocycles. The molecule has 1 unspecified atom stereocenters. The predicted molar refractivity (Wildman–Crippen MR) is 141 cm³/mol. The quantitative estimate of drug-likeness (QED) is 0.516. The molecule has 1 aromatic rings. The second kappa shape index (κ2) is 10.9. The Balaban J connectivity index is 1.26. The Kier molecular flexibility index (Phi) is 8.08. The third-order valence-electron chi connectivity index (χ3n) is 9.24. The normalized spacial score (nSPS) is 27.4. The highest BCUT2D eigenvalue weighted by atomic mass is 16.2. The summed E-state index contributed by atoms with van der Waals surface area (Å²) in [6.07, 6.45) is 8.07. The van der Waals surface area contributed by atoms with Crippen LogP contribution in [0.2, 0.25) is 0 Å². The van der Waals surface area contributed by atoms with E-state index in [0.29, 0.717) is 31.3 Å². The Morgan fingerprint density at radius 2 is 1.75 bits per heavy atom. The molecule has 4 rings (SSSR count). The first-order valence-corrected chi connectivity index (χ1v) is 13.9. The first-order valence-electron chi connectivity index (χ1n) is 13.9. The number of nitrogens with zero attached hydrogens (tertiary/aromatic N) is 2. The van der Waals surface area contributed by atoms with Crippen molar-refractivity contribution in [3.8, 4) is 0 Å². The van der Waals surface area contributed by atoms with E-state index >= 15 is 0 Å². The molecule has 36 heavy (non-hydrogen) atoms. The van der Waals surface area contributed by atoms with E-state index in [1.54, 1.807) is 0 Å². The Labute approximate surface area is 216 Å². The van der Waals surface area contributed by atoms with Crippen LogP contribution < -0.4 is 10.6 Å². The topological polar surface area (TPSA) is 81.8 Å². The summed E-state index contributed by atoms with van der Waals surface area (Å²) in [5.74, 6) is -0.0147. The number of likely N-dealkylation sites (tertiary alicyclic amines) is 1. The van der Waals surface area contributed by atoms with Gasteiger partial charge in [-0.15, -0.1) is 0 Å². The van der Waals surface area contributed by atoms with Gasteiger partial charge in [-0.2, -0.15) is 0 Å². The number of amides is 4. The molecule has 0 aromatic heterocycles. The number of carbonyl (C=O) groups is 3. The molecule has 2 saturated heterocycles. The fraction of sp³-hybridized carbons (Fsp3) is 0.690. The minimum atomic E-state index is -0.834. The molecule has 2 N–H and O–H groups in total. The molecule has 4 amide bonds. The summed E-state index contributed by atoms with van der Waals surface area (Å²) in [6, 6.07) is 8.52. The Bertz CT molecular complexity index is 950. The number of benzene rings is 1. The van der Waals surface area contributed by atoms with Crippen molar-refractivity contribution >= 4 is 17.8 Å². The molecule has 1 spiro atoms. The van der Waals surface area contributed by atoms with Gasteiger partial charge in [0.2, 0.25) is 5.91 Å². The molecule has 0 bridgehead atoms. The van der Waals surface area contributed by atoms with Gasteiger partial charge < -0.3 is 10.6 Å². The van der Waals surface area contributed by atoms with Crippen LogP contribution in [0.4, 0.5) is 4.79 Å². The number of imide groups is 1. The monoisotopic (exact) mass is 496 g/mol. The third-order valence-corrected chi connectivity index (χ3v) is 9.24. The van der Waals surface area contributed by atoms with Crippen LogP contribution in [0.3, 0.4) is 0 Å². The van der Waals surface area contributed by atoms with Gasteiger partial charge in [-0.1, -0.05) is 57.9 Å². The van der Waals surface area contributed by atoms with E-state index in [2.05, 4.69) is 55.4 Å². The van der Waals surface area contributed by atoms with Gasteiger partial charge in [-0.25, -0.2) is 4.79 Å². The number of hydrogen-bond acceptors (Lipinski definition) is 4. The third kappa shape index (κ3) is 5.77. The maximum absolute atomic E-state index is 13.2. The highest BCUT2D eigenvalue weighted by molar-refractivity contribution is 6.09. The van der Waals surface area contributed by atoms with Gasteiger partial charge >= 0.3 is 6.03 Å². The summed E-state index contributed by atoms with van der Waals surface area (Å²) in [5.41, 5.74) is 1.68. The molecule has 0 radical (unpaired) electrons.